The molecule has 1 atom stereocenters. The van der Waals surface area contributed by atoms with Gasteiger partial charge in [0.15, 0.2) is 9.84 Å². The fraction of sp³-hybridized carbons (Fsp3) is 0.667. The van der Waals surface area contributed by atoms with E-state index >= 15 is 0 Å². The summed E-state index contributed by atoms with van der Waals surface area (Å²) in [7, 11) is -0.966. The zero-order chi connectivity index (χ0) is 10.9. The third-order valence-corrected chi connectivity index (χ3v) is 4.44. The van der Waals surface area contributed by atoms with E-state index in [0.717, 1.165) is 18.8 Å². The summed E-state index contributed by atoms with van der Waals surface area (Å²) >= 11 is 0. The van der Waals surface area contributed by atoms with E-state index < -0.39 is 9.84 Å². The smallest absolute Gasteiger partial charge is 0.202 e. The maximum atomic E-state index is 11.4. The second-order valence-electron chi connectivity index (χ2n) is 3.96. The van der Waals surface area contributed by atoms with Gasteiger partial charge in [-0.05, 0) is 12.8 Å². The van der Waals surface area contributed by atoms with Crippen molar-refractivity contribution >= 4 is 15.8 Å². The van der Waals surface area contributed by atoms with Crippen molar-refractivity contribution in [3.63, 3.8) is 0 Å². The van der Waals surface area contributed by atoms with Gasteiger partial charge in [0.25, 0.3) is 0 Å². The zero-order valence-electron chi connectivity index (χ0n) is 8.68. The highest BCUT2D eigenvalue weighted by Gasteiger charge is 2.25. The van der Waals surface area contributed by atoms with Crippen molar-refractivity contribution in [2.75, 3.05) is 16.8 Å². The number of nitrogens with zero attached hydrogens (tertiary/aromatic N) is 2. The molecule has 0 bridgehead atoms. The van der Waals surface area contributed by atoms with E-state index in [0.29, 0.717) is 5.75 Å². The normalized spacial score (nSPS) is 25.0. The molecule has 84 valence electrons. The first-order chi connectivity index (χ1) is 7.07. The van der Waals surface area contributed by atoms with Gasteiger partial charge in [0.05, 0.1) is 11.5 Å². The molecule has 0 radical (unpaired) electrons. The van der Waals surface area contributed by atoms with E-state index in [4.69, 9.17) is 0 Å². The summed E-state index contributed by atoms with van der Waals surface area (Å²) in [6.45, 7) is 0. The van der Waals surface area contributed by atoms with Crippen LogP contribution in [0.1, 0.15) is 12.8 Å². The van der Waals surface area contributed by atoms with Crippen LogP contribution in [0.15, 0.2) is 12.4 Å². The molecule has 1 fully saturated rings. The summed E-state index contributed by atoms with van der Waals surface area (Å²) in [6.07, 6.45) is 5.16. The molecule has 0 aromatic carbocycles. The lowest BCUT2D eigenvalue weighted by atomic mass is 10.2. The first-order valence-corrected chi connectivity index (χ1v) is 6.83. The van der Waals surface area contributed by atoms with Gasteiger partial charge >= 0.3 is 0 Å². The van der Waals surface area contributed by atoms with Crippen LogP contribution in [-0.4, -0.2) is 35.5 Å². The van der Waals surface area contributed by atoms with Gasteiger partial charge in [0.2, 0.25) is 5.95 Å². The molecule has 1 aliphatic rings. The molecule has 0 aliphatic carbocycles. The number of aromatic nitrogens is 2. The number of rotatable bonds is 2. The van der Waals surface area contributed by atoms with Gasteiger partial charge in [0.1, 0.15) is 0 Å². The predicted octanol–water partition coefficient (Wildman–Crippen LogP) is 0.409. The van der Waals surface area contributed by atoms with Crippen LogP contribution in [0, 0.1) is 0 Å². The molecule has 15 heavy (non-hydrogen) atoms. The highest BCUT2D eigenvalue weighted by molar-refractivity contribution is 7.91. The lowest BCUT2D eigenvalue weighted by Gasteiger charge is -2.23. The summed E-state index contributed by atoms with van der Waals surface area (Å²) in [6, 6.07) is 0.00449. The quantitative estimate of drug-likeness (QED) is 0.797. The van der Waals surface area contributed by atoms with E-state index in [2.05, 4.69) is 10.3 Å². The van der Waals surface area contributed by atoms with Crippen molar-refractivity contribution in [3.05, 3.63) is 12.4 Å². The Morgan fingerprint density at radius 1 is 1.60 bits per heavy atom. The Balaban J connectivity index is 2.04. The fourth-order valence-corrected chi connectivity index (χ4v) is 3.46. The summed E-state index contributed by atoms with van der Waals surface area (Å²) in [5, 5.41) is 3.16. The molecule has 0 spiro atoms. The van der Waals surface area contributed by atoms with Gasteiger partial charge < -0.3 is 9.88 Å². The van der Waals surface area contributed by atoms with Crippen LogP contribution in [0.25, 0.3) is 0 Å². The summed E-state index contributed by atoms with van der Waals surface area (Å²) in [4.78, 5) is 4.11. The average Bonchev–Trinajstić information content (AvgIpc) is 2.50. The molecule has 0 amide bonds. The molecule has 1 N–H and O–H groups in total. The Kier molecular flexibility index (Phi) is 2.68. The van der Waals surface area contributed by atoms with E-state index in [1.807, 2.05) is 17.8 Å². The van der Waals surface area contributed by atoms with E-state index in [-0.39, 0.29) is 11.8 Å². The SMILES string of the molecule is Cn1ccnc1NC1CCCS(=O)(=O)C1. The molecule has 1 aromatic rings. The van der Waals surface area contributed by atoms with Crippen LogP contribution in [0.3, 0.4) is 0 Å². The molecule has 1 aromatic heterocycles. The molecule has 1 unspecified atom stereocenters. The van der Waals surface area contributed by atoms with Crippen molar-refractivity contribution in [1.29, 1.82) is 0 Å². The van der Waals surface area contributed by atoms with Crippen LogP contribution < -0.4 is 5.32 Å². The van der Waals surface area contributed by atoms with Crippen LogP contribution >= 0.6 is 0 Å². The Morgan fingerprint density at radius 2 is 2.40 bits per heavy atom. The van der Waals surface area contributed by atoms with Gasteiger partial charge in [-0.1, -0.05) is 0 Å². The molecule has 5 nitrogen and oxygen atoms in total. The van der Waals surface area contributed by atoms with Crippen LogP contribution in [-0.2, 0) is 16.9 Å². The van der Waals surface area contributed by atoms with Gasteiger partial charge in [-0.25, -0.2) is 13.4 Å². The monoisotopic (exact) mass is 229 g/mol. The molecule has 2 rings (SSSR count). The highest BCUT2D eigenvalue weighted by atomic mass is 32.2. The third-order valence-electron chi connectivity index (χ3n) is 2.62. The lowest BCUT2D eigenvalue weighted by Crippen LogP contribution is -2.35. The number of hydrogen-bond acceptors (Lipinski definition) is 4. The predicted molar refractivity (Wildman–Crippen MR) is 58.5 cm³/mol. The molecule has 1 aliphatic heterocycles. The maximum Gasteiger partial charge on any atom is 0.202 e. The standard InChI is InChI=1S/C9H15N3O2S/c1-12-5-4-10-9(12)11-8-3-2-6-15(13,14)7-8/h4-5,8H,2-3,6-7H2,1H3,(H,10,11). The van der Waals surface area contributed by atoms with Gasteiger partial charge in [-0.15, -0.1) is 0 Å². The second-order valence-corrected chi connectivity index (χ2v) is 6.19. The van der Waals surface area contributed by atoms with E-state index in [1.165, 1.54) is 0 Å². The first kappa shape index (κ1) is 10.5. The molecule has 0 saturated carbocycles. The summed E-state index contributed by atoms with van der Waals surface area (Å²) in [5.74, 6) is 1.28. The Labute approximate surface area is 89.4 Å². The summed E-state index contributed by atoms with van der Waals surface area (Å²) < 4.78 is 24.7. The minimum Gasteiger partial charge on any atom is -0.352 e. The van der Waals surface area contributed by atoms with Crippen molar-refractivity contribution in [1.82, 2.24) is 9.55 Å². The molecule has 6 heteroatoms. The van der Waals surface area contributed by atoms with E-state index in [9.17, 15) is 8.42 Å². The van der Waals surface area contributed by atoms with Crippen molar-refractivity contribution in [2.45, 2.75) is 18.9 Å². The highest BCUT2D eigenvalue weighted by Crippen LogP contribution is 2.15. The molecular formula is C9H15N3O2S. The lowest BCUT2D eigenvalue weighted by molar-refractivity contribution is 0.560. The number of sulfone groups is 1. The number of imidazole rings is 1. The number of hydrogen-bond donors (Lipinski definition) is 1. The van der Waals surface area contributed by atoms with Crippen LogP contribution in [0.2, 0.25) is 0 Å². The Bertz CT molecular complexity index is 438. The Hall–Kier alpha value is -1.04. The Morgan fingerprint density at radius 3 is 3.00 bits per heavy atom. The first-order valence-electron chi connectivity index (χ1n) is 5.01. The molecule has 1 saturated heterocycles. The zero-order valence-corrected chi connectivity index (χ0v) is 9.50. The minimum absolute atomic E-state index is 0.00449. The number of nitrogens with one attached hydrogen (secondary N) is 1. The van der Waals surface area contributed by atoms with Gasteiger partial charge in [-0.3, -0.25) is 0 Å². The van der Waals surface area contributed by atoms with E-state index in [1.54, 1.807) is 6.20 Å². The van der Waals surface area contributed by atoms with Crippen molar-refractivity contribution < 1.29 is 8.42 Å². The van der Waals surface area contributed by atoms with Crippen molar-refractivity contribution in [3.8, 4) is 0 Å². The topological polar surface area (TPSA) is 64.0 Å². The molecular weight excluding hydrogens is 214 g/mol. The fourth-order valence-electron chi connectivity index (χ4n) is 1.82. The van der Waals surface area contributed by atoms with Crippen LogP contribution in [0.5, 0.6) is 0 Å². The maximum absolute atomic E-state index is 11.4. The summed E-state index contributed by atoms with van der Waals surface area (Å²) in [5.41, 5.74) is 0. The largest absolute Gasteiger partial charge is 0.352 e. The van der Waals surface area contributed by atoms with Crippen molar-refractivity contribution in [2.24, 2.45) is 7.05 Å². The minimum atomic E-state index is -2.85. The van der Waals surface area contributed by atoms with Gasteiger partial charge in [0, 0.05) is 25.5 Å². The molecule has 2 heterocycles. The second kappa shape index (κ2) is 3.84. The number of aryl methyl sites for hydroxylation is 1. The average molecular weight is 229 g/mol. The third kappa shape index (κ3) is 2.50. The van der Waals surface area contributed by atoms with Crippen LogP contribution in [0.4, 0.5) is 5.95 Å². The number of anilines is 1. The van der Waals surface area contributed by atoms with Gasteiger partial charge in [-0.2, -0.15) is 0 Å².